The van der Waals surface area contributed by atoms with Crippen LogP contribution in [0.5, 0.6) is 0 Å². The lowest BCUT2D eigenvalue weighted by atomic mass is 9.93. The quantitative estimate of drug-likeness (QED) is 0.450. The molecule has 3 rings (SSSR count). The first kappa shape index (κ1) is 22.5. The third kappa shape index (κ3) is 5.94. The molecule has 9 nitrogen and oxygen atoms in total. The van der Waals surface area contributed by atoms with Gasteiger partial charge in [-0.3, -0.25) is 14.5 Å². The first-order valence-electron chi connectivity index (χ1n) is 9.87. The van der Waals surface area contributed by atoms with Crippen LogP contribution in [-0.2, 0) is 22.6 Å². The molecule has 164 valence electrons. The average Bonchev–Trinajstić information content (AvgIpc) is 3.20. The SMILES string of the molecule is C=CCN1C(=O)NC(C)C(Cc2nnc(SCC(=O)NCc3ccc(C)cc3)o2)C1=O. The fraction of sp³-hybridized carbons (Fsp3) is 0.381. The summed E-state index contributed by atoms with van der Waals surface area (Å²) >= 11 is 1.13. The molecule has 1 fully saturated rings. The Morgan fingerprint density at radius 1 is 1.32 bits per heavy atom. The molecule has 1 aromatic carbocycles. The molecule has 0 spiro atoms. The number of aromatic nitrogens is 2. The van der Waals surface area contributed by atoms with Gasteiger partial charge in [-0.1, -0.05) is 47.7 Å². The number of aryl methyl sites for hydroxylation is 1. The Kier molecular flexibility index (Phi) is 7.45. The number of imide groups is 1. The van der Waals surface area contributed by atoms with E-state index >= 15 is 0 Å². The largest absolute Gasteiger partial charge is 0.416 e. The molecule has 2 atom stereocenters. The highest BCUT2D eigenvalue weighted by atomic mass is 32.2. The molecule has 0 saturated carbocycles. The normalized spacial score (nSPS) is 18.6. The van der Waals surface area contributed by atoms with Gasteiger partial charge in [-0.05, 0) is 19.4 Å². The number of amides is 4. The minimum atomic E-state index is -0.520. The van der Waals surface area contributed by atoms with Gasteiger partial charge in [-0.2, -0.15) is 0 Å². The molecule has 1 aromatic heterocycles. The van der Waals surface area contributed by atoms with E-state index in [1.54, 1.807) is 6.92 Å². The Labute approximate surface area is 184 Å². The second kappa shape index (κ2) is 10.3. The van der Waals surface area contributed by atoms with Gasteiger partial charge in [-0.25, -0.2) is 4.79 Å². The van der Waals surface area contributed by atoms with Gasteiger partial charge in [0.15, 0.2) is 0 Å². The number of benzene rings is 1. The minimum absolute atomic E-state index is 0.134. The highest BCUT2D eigenvalue weighted by molar-refractivity contribution is 7.99. The Balaban J connectivity index is 1.50. The molecule has 1 saturated heterocycles. The third-order valence-corrected chi connectivity index (χ3v) is 5.69. The summed E-state index contributed by atoms with van der Waals surface area (Å²) in [7, 11) is 0. The van der Waals surface area contributed by atoms with Crippen molar-refractivity contribution in [3.05, 3.63) is 53.9 Å². The summed E-state index contributed by atoms with van der Waals surface area (Å²) in [6.45, 7) is 7.93. The first-order chi connectivity index (χ1) is 14.9. The van der Waals surface area contributed by atoms with Crippen molar-refractivity contribution in [1.82, 2.24) is 25.7 Å². The highest BCUT2D eigenvalue weighted by Crippen LogP contribution is 2.22. The summed E-state index contributed by atoms with van der Waals surface area (Å²) < 4.78 is 5.59. The first-order valence-corrected chi connectivity index (χ1v) is 10.9. The van der Waals surface area contributed by atoms with Gasteiger partial charge in [0.1, 0.15) is 0 Å². The number of urea groups is 1. The Bertz CT molecular complexity index is 959. The van der Waals surface area contributed by atoms with E-state index < -0.39 is 11.9 Å². The molecular weight excluding hydrogens is 418 g/mol. The fourth-order valence-corrected chi connectivity index (χ4v) is 3.72. The van der Waals surface area contributed by atoms with Crippen LogP contribution >= 0.6 is 11.8 Å². The molecule has 2 unspecified atom stereocenters. The van der Waals surface area contributed by atoms with Crippen LogP contribution in [-0.4, -0.2) is 51.3 Å². The van der Waals surface area contributed by atoms with E-state index in [0.29, 0.717) is 6.54 Å². The van der Waals surface area contributed by atoms with Crippen molar-refractivity contribution in [1.29, 1.82) is 0 Å². The number of carbonyl (C=O) groups excluding carboxylic acids is 3. The maximum Gasteiger partial charge on any atom is 0.324 e. The number of hydrogen-bond acceptors (Lipinski definition) is 7. The topological polar surface area (TPSA) is 117 Å². The van der Waals surface area contributed by atoms with Crippen LogP contribution in [0.15, 0.2) is 46.6 Å². The van der Waals surface area contributed by atoms with E-state index in [-0.39, 0.29) is 47.7 Å². The van der Waals surface area contributed by atoms with Crippen molar-refractivity contribution in [3.63, 3.8) is 0 Å². The summed E-state index contributed by atoms with van der Waals surface area (Å²) in [5.41, 5.74) is 2.19. The zero-order chi connectivity index (χ0) is 22.4. The van der Waals surface area contributed by atoms with Gasteiger partial charge in [0, 0.05) is 25.6 Å². The van der Waals surface area contributed by atoms with Crippen LogP contribution in [0.25, 0.3) is 0 Å². The molecule has 4 amide bonds. The predicted octanol–water partition coefficient (Wildman–Crippen LogP) is 2.07. The molecule has 2 heterocycles. The molecular formula is C21H25N5O4S. The highest BCUT2D eigenvalue weighted by Gasteiger charge is 2.39. The van der Waals surface area contributed by atoms with Crippen molar-refractivity contribution in [2.24, 2.45) is 5.92 Å². The Hall–Kier alpha value is -3.14. The van der Waals surface area contributed by atoms with Gasteiger partial charge in [-0.15, -0.1) is 16.8 Å². The maximum atomic E-state index is 12.6. The molecule has 0 bridgehead atoms. The molecule has 2 N–H and O–H groups in total. The predicted molar refractivity (Wildman–Crippen MR) is 115 cm³/mol. The van der Waals surface area contributed by atoms with E-state index in [1.807, 2.05) is 31.2 Å². The van der Waals surface area contributed by atoms with Crippen LogP contribution in [0.4, 0.5) is 4.79 Å². The van der Waals surface area contributed by atoms with Crippen molar-refractivity contribution < 1.29 is 18.8 Å². The van der Waals surface area contributed by atoms with Crippen LogP contribution in [0.1, 0.15) is 23.9 Å². The van der Waals surface area contributed by atoms with Gasteiger partial charge < -0.3 is 15.1 Å². The van der Waals surface area contributed by atoms with E-state index in [0.717, 1.165) is 27.8 Å². The maximum absolute atomic E-state index is 12.6. The molecule has 0 aliphatic carbocycles. The number of thioether (sulfide) groups is 1. The third-order valence-electron chi connectivity index (χ3n) is 4.87. The van der Waals surface area contributed by atoms with E-state index in [2.05, 4.69) is 27.4 Å². The zero-order valence-corrected chi connectivity index (χ0v) is 18.3. The summed E-state index contributed by atoms with van der Waals surface area (Å²) in [4.78, 5) is 37.8. The van der Waals surface area contributed by atoms with Crippen molar-refractivity contribution >= 4 is 29.6 Å². The van der Waals surface area contributed by atoms with Gasteiger partial charge in [0.25, 0.3) is 5.22 Å². The second-order valence-electron chi connectivity index (χ2n) is 7.30. The van der Waals surface area contributed by atoms with Crippen LogP contribution < -0.4 is 10.6 Å². The molecule has 0 radical (unpaired) electrons. The number of hydrogen-bond donors (Lipinski definition) is 2. The number of carbonyl (C=O) groups is 3. The summed E-state index contributed by atoms with van der Waals surface area (Å²) in [5, 5.41) is 13.8. The molecule has 2 aromatic rings. The molecule has 31 heavy (non-hydrogen) atoms. The van der Waals surface area contributed by atoms with E-state index in [1.165, 1.54) is 6.08 Å². The van der Waals surface area contributed by atoms with Crippen molar-refractivity contribution in [2.45, 2.75) is 38.1 Å². The summed E-state index contributed by atoms with van der Waals surface area (Å²) in [6.07, 6.45) is 1.69. The minimum Gasteiger partial charge on any atom is -0.416 e. The van der Waals surface area contributed by atoms with Crippen molar-refractivity contribution in [2.75, 3.05) is 12.3 Å². The zero-order valence-electron chi connectivity index (χ0n) is 17.5. The fourth-order valence-electron chi connectivity index (χ4n) is 3.11. The van der Waals surface area contributed by atoms with Gasteiger partial charge in [0.2, 0.25) is 17.7 Å². The summed E-state index contributed by atoms with van der Waals surface area (Å²) in [5.74, 6) is -0.561. The molecule has 1 aliphatic rings. The van der Waals surface area contributed by atoms with Gasteiger partial charge >= 0.3 is 6.03 Å². The lowest BCUT2D eigenvalue weighted by Gasteiger charge is -2.34. The Morgan fingerprint density at radius 2 is 2.06 bits per heavy atom. The number of rotatable bonds is 9. The van der Waals surface area contributed by atoms with Crippen molar-refractivity contribution in [3.8, 4) is 0 Å². The molecule has 1 aliphatic heterocycles. The lowest BCUT2D eigenvalue weighted by molar-refractivity contribution is -0.134. The van der Waals surface area contributed by atoms with Crippen LogP contribution in [0.3, 0.4) is 0 Å². The number of nitrogens with zero attached hydrogens (tertiary/aromatic N) is 3. The van der Waals surface area contributed by atoms with Crippen LogP contribution in [0.2, 0.25) is 0 Å². The number of nitrogens with one attached hydrogen (secondary N) is 2. The van der Waals surface area contributed by atoms with Crippen LogP contribution in [0, 0.1) is 12.8 Å². The summed E-state index contributed by atoms with van der Waals surface area (Å²) in [6, 6.07) is 7.13. The smallest absolute Gasteiger partial charge is 0.324 e. The second-order valence-corrected chi connectivity index (χ2v) is 8.23. The van der Waals surface area contributed by atoms with E-state index in [9.17, 15) is 14.4 Å². The van der Waals surface area contributed by atoms with Gasteiger partial charge in [0.05, 0.1) is 11.7 Å². The lowest BCUT2D eigenvalue weighted by Crippen LogP contribution is -2.59. The standard InChI is InChI=1S/C21H25N5O4S/c1-4-9-26-19(28)16(14(3)23-20(26)29)10-18-24-25-21(30-18)31-12-17(27)22-11-15-7-5-13(2)6-8-15/h4-8,14,16H,1,9-12H2,2-3H3,(H,22,27)(H,23,29). The monoisotopic (exact) mass is 443 g/mol. The Morgan fingerprint density at radius 3 is 2.77 bits per heavy atom. The average molecular weight is 444 g/mol. The van der Waals surface area contributed by atoms with E-state index in [4.69, 9.17) is 4.42 Å². The molecule has 10 heteroatoms.